The predicted molar refractivity (Wildman–Crippen MR) is 107 cm³/mol. The number of hydrogen-bond acceptors (Lipinski definition) is 4. The van der Waals surface area contributed by atoms with Gasteiger partial charge in [-0.3, -0.25) is 14.5 Å². The van der Waals surface area contributed by atoms with Crippen LogP contribution in [0.3, 0.4) is 0 Å². The third-order valence-corrected chi connectivity index (χ3v) is 5.34. The SMILES string of the molecule is O=C1S/C(=C\c2cccc(Br)c2)C(=O)N1CNc1cc(Cl)ccc1Cl. The summed E-state index contributed by atoms with van der Waals surface area (Å²) in [5, 5.41) is 3.60. The van der Waals surface area contributed by atoms with Gasteiger partial charge in [-0.25, -0.2) is 0 Å². The quantitative estimate of drug-likeness (QED) is 0.584. The number of carbonyl (C=O) groups excluding carboxylic acids is 2. The maximum atomic E-state index is 12.5. The summed E-state index contributed by atoms with van der Waals surface area (Å²) in [5.74, 6) is -0.347. The van der Waals surface area contributed by atoms with Crippen molar-refractivity contribution in [3.63, 3.8) is 0 Å². The van der Waals surface area contributed by atoms with Crippen molar-refractivity contribution >= 4 is 73.8 Å². The first-order valence-corrected chi connectivity index (χ1v) is 9.50. The van der Waals surface area contributed by atoms with Crippen LogP contribution in [0.1, 0.15) is 5.56 Å². The molecule has 0 saturated carbocycles. The van der Waals surface area contributed by atoms with E-state index in [0.29, 0.717) is 20.6 Å². The second-order valence-corrected chi connectivity index (χ2v) is 7.88. The van der Waals surface area contributed by atoms with Gasteiger partial charge in [-0.1, -0.05) is 51.3 Å². The van der Waals surface area contributed by atoms with Crippen LogP contribution in [0.25, 0.3) is 6.08 Å². The minimum Gasteiger partial charge on any atom is -0.366 e. The van der Waals surface area contributed by atoms with Gasteiger partial charge in [0.05, 0.1) is 22.3 Å². The normalized spacial score (nSPS) is 16.0. The molecule has 1 aliphatic heterocycles. The number of imide groups is 1. The van der Waals surface area contributed by atoms with Gasteiger partial charge in [-0.2, -0.15) is 0 Å². The molecule has 0 aromatic heterocycles. The van der Waals surface area contributed by atoms with Crippen molar-refractivity contribution in [3.8, 4) is 0 Å². The number of hydrogen-bond donors (Lipinski definition) is 1. The molecule has 0 radical (unpaired) electrons. The smallest absolute Gasteiger partial charge is 0.295 e. The molecule has 2 amide bonds. The number of nitrogens with zero attached hydrogens (tertiary/aromatic N) is 1. The first-order chi connectivity index (χ1) is 11.9. The maximum absolute atomic E-state index is 12.5. The van der Waals surface area contributed by atoms with Gasteiger partial charge in [0.25, 0.3) is 11.1 Å². The van der Waals surface area contributed by atoms with E-state index in [1.165, 1.54) is 0 Å². The molecule has 1 saturated heterocycles. The molecule has 0 bridgehead atoms. The second-order valence-electron chi connectivity index (χ2n) is 5.12. The molecule has 1 heterocycles. The fourth-order valence-electron chi connectivity index (χ4n) is 2.18. The van der Waals surface area contributed by atoms with E-state index >= 15 is 0 Å². The van der Waals surface area contributed by atoms with E-state index < -0.39 is 0 Å². The summed E-state index contributed by atoms with van der Waals surface area (Å²) in [4.78, 5) is 26.1. The summed E-state index contributed by atoms with van der Waals surface area (Å²) in [5.41, 5.74) is 1.40. The summed E-state index contributed by atoms with van der Waals surface area (Å²) < 4.78 is 0.901. The molecule has 2 aromatic rings. The Morgan fingerprint density at radius 2 is 1.96 bits per heavy atom. The Labute approximate surface area is 167 Å². The lowest BCUT2D eigenvalue weighted by Crippen LogP contribution is -2.33. The number of halogens is 3. The topological polar surface area (TPSA) is 49.4 Å². The summed E-state index contributed by atoms with van der Waals surface area (Å²) in [6, 6.07) is 12.4. The molecule has 2 aromatic carbocycles. The van der Waals surface area contributed by atoms with Gasteiger partial charge >= 0.3 is 0 Å². The van der Waals surface area contributed by atoms with Crippen LogP contribution >= 0.6 is 50.9 Å². The van der Waals surface area contributed by atoms with E-state index in [9.17, 15) is 9.59 Å². The maximum Gasteiger partial charge on any atom is 0.295 e. The molecule has 25 heavy (non-hydrogen) atoms. The van der Waals surface area contributed by atoms with Crippen LogP contribution in [-0.4, -0.2) is 22.7 Å². The third kappa shape index (κ3) is 4.39. The summed E-state index contributed by atoms with van der Waals surface area (Å²) >= 11 is 16.3. The predicted octanol–water partition coefficient (Wildman–Crippen LogP) is 5.86. The van der Waals surface area contributed by atoms with Crippen molar-refractivity contribution in [2.45, 2.75) is 0 Å². The molecular weight excluding hydrogens is 447 g/mol. The number of carbonyl (C=O) groups is 2. The highest BCUT2D eigenvalue weighted by molar-refractivity contribution is 9.10. The van der Waals surface area contributed by atoms with E-state index in [0.717, 1.165) is 26.7 Å². The minimum absolute atomic E-state index is 0.0144. The monoisotopic (exact) mass is 456 g/mol. The highest BCUT2D eigenvalue weighted by Crippen LogP contribution is 2.33. The Balaban J connectivity index is 1.74. The summed E-state index contributed by atoms with van der Waals surface area (Å²) in [6.07, 6.45) is 1.70. The lowest BCUT2D eigenvalue weighted by Gasteiger charge is -2.15. The number of amides is 2. The number of benzene rings is 2. The minimum atomic E-state index is -0.347. The van der Waals surface area contributed by atoms with Crippen molar-refractivity contribution in [3.05, 3.63) is 67.5 Å². The Morgan fingerprint density at radius 3 is 2.72 bits per heavy atom. The highest BCUT2D eigenvalue weighted by Gasteiger charge is 2.34. The Morgan fingerprint density at radius 1 is 1.16 bits per heavy atom. The molecular formula is C17H11BrCl2N2O2S. The fraction of sp³-hybridized carbons (Fsp3) is 0.0588. The van der Waals surface area contributed by atoms with E-state index in [-0.39, 0.29) is 17.8 Å². The van der Waals surface area contributed by atoms with Gasteiger partial charge in [-0.05, 0) is 53.7 Å². The number of anilines is 1. The van der Waals surface area contributed by atoms with E-state index in [1.54, 1.807) is 24.3 Å². The van der Waals surface area contributed by atoms with Gasteiger partial charge in [-0.15, -0.1) is 0 Å². The number of rotatable bonds is 4. The van der Waals surface area contributed by atoms with Crippen LogP contribution in [-0.2, 0) is 4.79 Å². The number of nitrogens with one attached hydrogen (secondary N) is 1. The Hall–Kier alpha value is -1.47. The molecule has 1 aliphatic rings. The van der Waals surface area contributed by atoms with Crippen LogP contribution in [0.2, 0.25) is 10.0 Å². The van der Waals surface area contributed by atoms with Crippen LogP contribution in [0, 0.1) is 0 Å². The van der Waals surface area contributed by atoms with Gasteiger partial charge in [0.1, 0.15) is 0 Å². The van der Waals surface area contributed by atoms with Crippen LogP contribution < -0.4 is 5.32 Å². The molecule has 0 aliphatic carbocycles. The first kappa shape index (κ1) is 18.3. The number of thioether (sulfide) groups is 1. The lowest BCUT2D eigenvalue weighted by atomic mass is 10.2. The molecule has 8 heteroatoms. The van der Waals surface area contributed by atoms with Crippen LogP contribution in [0.15, 0.2) is 51.8 Å². The lowest BCUT2D eigenvalue weighted by molar-refractivity contribution is -0.122. The zero-order chi connectivity index (χ0) is 18.0. The Bertz CT molecular complexity index is 889. The van der Waals surface area contributed by atoms with Crippen molar-refractivity contribution < 1.29 is 9.59 Å². The largest absolute Gasteiger partial charge is 0.366 e. The molecule has 0 atom stereocenters. The van der Waals surface area contributed by atoms with Gasteiger partial charge in [0.2, 0.25) is 0 Å². The average molecular weight is 458 g/mol. The van der Waals surface area contributed by atoms with Gasteiger partial charge in [0, 0.05) is 9.50 Å². The van der Waals surface area contributed by atoms with Crippen LogP contribution in [0.4, 0.5) is 10.5 Å². The van der Waals surface area contributed by atoms with Gasteiger partial charge < -0.3 is 5.32 Å². The van der Waals surface area contributed by atoms with Crippen molar-refractivity contribution in [1.29, 1.82) is 0 Å². The van der Waals surface area contributed by atoms with Crippen molar-refractivity contribution in [1.82, 2.24) is 4.90 Å². The molecule has 1 N–H and O–H groups in total. The second kappa shape index (κ2) is 7.83. The van der Waals surface area contributed by atoms with Gasteiger partial charge in [0.15, 0.2) is 0 Å². The van der Waals surface area contributed by atoms with E-state index in [4.69, 9.17) is 23.2 Å². The molecule has 0 unspecified atom stereocenters. The zero-order valence-corrected chi connectivity index (χ0v) is 16.5. The fourth-order valence-corrected chi connectivity index (χ4v) is 3.79. The molecule has 0 spiro atoms. The molecule has 4 nitrogen and oxygen atoms in total. The molecule has 3 rings (SSSR count). The Kier molecular flexibility index (Phi) is 5.74. The zero-order valence-electron chi connectivity index (χ0n) is 12.6. The van der Waals surface area contributed by atoms with Crippen LogP contribution in [0.5, 0.6) is 0 Å². The van der Waals surface area contributed by atoms with E-state index in [1.807, 2.05) is 24.3 Å². The highest BCUT2D eigenvalue weighted by atomic mass is 79.9. The first-order valence-electron chi connectivity index (χ1n) is 7.14. The van der Waals surface area contributed by atoms with E-state index in [2.05, 4.69) is 21.2 Å². The standard InChI is InChI=1S/C17H11BrCl2N2O2S/c18-11-3-1-2-10(6-11)7-15-16(23)22(17(24)25-15)9-21-14-8-12(19)4-5-13(14)20/h1-8,21H,9H2/b15-7-. The molecule has 128 valence electrons. The van der Waals surface area contributed by atoms with Crippen molar-refractivity contribution in [2.75, 3.05) is 12.0 Å². The summed E-state index contributed by atoms with van der Waals surface area (Å²) in [7, 11) is 0. The summed E-state index contributed by atoms with van der Waals surface area (Å²) in [6.45, 7) is 0.0144. The van der Waals surface area contributed by atoms with Crippen molar-refractivity contribution in [2.24, 2.45) is 0 Å². The molecule has 1 fully saturated rings. The average Bonchev–Trinajstić information content (AvgIpc) is 2.82. The third-order valence-electron chi connectivity index (χ3n) is 3.38.